The fourth-order valence-electron chi connectivity index (χ4n) is 3.24. The van der Waals surface area contributed by atoms with Crippen molar-refractivity contribution in [3.63, 3.8) is 0 Å². The number of nitrogens with zero attached hydrogens (tertiary/aromatic N) is 5. The molecule has 0 N–H and O–H groups in total. The van der Waals surface area contributed by atoms with Crippen LogP contribution >= 0.6 is 11.6 Å². The van der Waals surface area contributed by atoms with Crippen LogP contribution in [0.4, 0.5) is 13.2 Å². The van der Waals surface area contributed by atoms with Gasteiger partial charge in [0.05, 0.1) is 24.0 Å². The van der Waals surface area contributed by atoms with Crippen LogP contribution in [0.15, 0.2) is 48.8 Å². The van der Waals surface area contributed by atoms with Gasteiger partial charge in [-0.2, -0.15) is 18.3 Å². The standard InChI is InChI=1S/C19H15ClF3N5/c1-2-27-15(11-28-14-8-16(20)24-9-13(14)10-25-28)17(19(21,22)23)26-18(27)12-6-4-3-5-7-12/h3-10H,2,11H2,1H3. The van der Waals surface area contributed by atoms with Crippen LogP contribution in [0.3, 0.4) is 0 Å². The topological polar surface area (TPSA) is 48.5 Å². The number of aromatic nitrogens is 5. The minimum atomic E-state index is -4.58. The number of imidazole rings is 1. The van der Waals surface area contributed by atoms with Crippen molar-refractivity contribution >= 4 is 22.5 Å². The summed E-state index contributed by atoms with van der Waals surface area (Å²) in [5.41, 5.74) is 0.376. The van der Waals surface area contributed by atoms with E-state index in [0.717, 1.165) is 0 Å². The Morgan fingerprint density at radius 1 is 1.11 bits per heavy atom. The van der Waals surface area contributed by atoms with E-state index in [9.17, 15) is 13.2 Å². The third-order valence-corrected chi connectivity index (χ3v) is 4.69. The zero-order valence-electron chi connectivity index (χ0n) is 14.8. The molecule has 5 nitrogen and oxygen atoms in total. The Hall–Kier alpha value is -2.87. The van der Waals surface area contributed by atoms with Crippen LogP contribution in [0.25, 0.3) is 22.3 Å². The predicted molar refractivity (Wildman–Crippen MR) is 100.0 cm³/mol. The van der Waals surface area contributed by atoms with E-state index in [0.29, 0.717) is 23.0 Å². The van der Waals surface area contributed by atoms with Crippen LogP contribution in [0.2, 0.25) is 5.15 Å². The second-order valence-corrected chi connectivity index (χ2v) is 6.59. The van der Waals surface area contributed by atoms with Gasteiger partial charge < -0.3 is 4.57 Å². The maximum absolute atomic E-state index is 13.8. The number of pyridine rings is 1. The molecule has 0 saturated heterocycles. The molecule has 4 aromatic rings. The Bertz CT molecular complexity index is 1130. The fraction of sp³-hybridized carbons (Fsp3) is 0.211. The molecule has 0 bridgehead atoms. The Labute approximate surface area is 163 Å². The van der Waals surface area contributed by atoms with Crippen molar-refractivity contribution < 1.29 is 13.2 Å². The first-order valence-corrected chi connectivity index (χ1v) is 8.95. The predicted octanol–water partition coefficient (Wildman–Crippen LogP) is 5.04. The molecule has 0 radical (unpaired) electrons. The van der Waals surface area contributed by atoms with Crippen LogP contribution < -0.4 is 0 Å². The van der Waals surface area contributed by atoms with Gasteiger partial charge in [-0.05, 0) is 6.92 Å². The number of halogens is 4. The van der Waals surface area contributed by atoms with Crippen molar-refractivity contribution in [3.05, 3.63) is 65.3 Å². The Morgan fingerprint density at radius 2 is 1.86 bits per heavy atom. The Balaban J connectivity index is 1.89. The summed E-state index contributed by atoms with van der Waals surface area (Å²) < 4.78 is 44.4. The lowest BCUT2D eigenvalue weighted by Crippen LogP contribution is -2.15. The lowest BCUT2D eigenvalue weighted by Gasteiger charge is -2.12. The van der Waals surface area contributed by atoms with Crippen molar-refractivity contribution in [1.82, 2.24) is 24.3 Å². The van der Waals surface area contributed by atoms with Crippen LogP contribution in [0, 0.1) is 0 Å². The number of rotatable bonds is 4. The minimum Gasteiger partial charge on any atom is -0.326 e. The summed E-state index contributed by atoms with van der Waals surface area (Å²) in [6.07, 6.45) is -1.49. The molecular weight excluding hydrogens is 391 g/mol. The zero-order chi connectivity index (χ0) is 19.9. The molecule has 1 aromatic carbocycles. The van der Waals surface area contributed by atoms with Crippen molar-refractivity contribution in [1.29, 1.82) is 0 Å². The van der Waals surface area contributed by atoms with E-state index in [1.54, 1.807) is 54.2 Å². The van der Waals surface area contributed by atoms with E-state index in [1.807, 2.05) is 6.07 Å². The third-order valence-electron chi connectivity index (χ3n) is 4.48. The molecule has 0 saturated carbocycles. The van der Waals surface area contributed by atoms with Crippen LogP contribution in [0.1, 0.15) is 18.3 Å². The van der Waals surface area contributed by atoms with Gasteiger partial charge >= 0.3 is 6.18 Å². The first-order valence-electron chi connectivity index (χ1n) is 8.57. The lowest BCUT2D eigenvalue weighted by atomic mass is 10.2. The highest BCUT2D eigenvalue weighted by molar-refractivity contribution is 6.29. The summed E-state index contributed by atoms with van der Waals surface area (Å²) in [6, 6.07) is 10.4. The molecule has 0 fully saturated rings. The van der Waals surface area contributed by atoms with Crippen molar-refractivity contribution in [2.24, 2.45) is 0 Å². The Morgan fingerprint density at radius 3 is 2.54 bits per heavy atom. The lowest BCUT2D eigenvalue weighted by molar-refractivity contribution is -0.141. The first kappa shape index (κ1) is 18.5. The molecule has 0 aliphatic heterocycles. The summed E-state index contributed by atoms with van der Waals surface area (Å²) in [5, 5.41) is 5.17. The molecule has 4 rings (SSSR count). The largest absolute Gasteiger partial charge is 0.435 e. The normalized spacial score (nSPS) is 12.0. The third kappa shape index (κ3) is 3.24. The van der Waals surface area contributed by atoms with E-state index >= 15 is 0 Å². The van der Waals surface area contributed by atoms with E-state index in [-0.39, 0.29) is 23.2 Å². The number of alkyl halides is 3. The van der Waals surface area contributed by atoms with Gasteiger partial charge in [-0.1, -0.05) is 41.9 Å². The number of fused-ring (bicyclic) bond motifs is 1. The fourth-order valence-corrected chi connectivity index (χ4v) is 3.39. The van der Waals surface area contributed by atoms with Gasteiger partial charge in [-0.3, -0.25) is 4.68 Å². The van der Waals surface area contributed by atoms with Crippen LogP contribution in [-0.2, 0) is 19.3 Å². The smallest absolute Gasteiger partial charge is 0.326 e. The molecule has 3 heterocycles. The molecule has 0 spiro atoms. The number of hydrogen-bond acceptors (Lipinski definition) is 3. The molecule has 0 amide bonds. The second kappa shape index (κ2) is 6.94. The van der Waals surface area contributed by atoms with Gasteiger partial charge in [0.25, 0.3) is 0 Å². The maximum atomic E-state index is 13.8. The molecule has 0 aliphatic carbocycles. The summed E-state index contributed by atoms with van der Waals surface area (Å²) in [6.45, 7) is 2.04. The van der Waals surface area contributed by atoms with E-state index in [1.165, 1.54) is 4.68 Å². The quantitative estimate of drug-likeness (QED) is 0.447. The molecule has 0 atom stereocenters. The van der Waals surface area contributed by atoms with Crippen molar-refractivity contribution in [3.8, 4) is 11.4 Å². The first-order chi connectivity index (χ1) is 13.4. The summed E-state index contributed by atoms with van der Waals surface area (Å²) >= 11 is 5.95. The molecular formula is C19H15ClF3N5. The SMILES string of the molecule is CCn1c(-c2ccccc2)nc(C(F)(F)F)c1Cn1ncc2cnc(Cl)cc21. The molecule has 0 aliphatic rings. The molecule has 28 heavy (non-hydrogen) atoms. The monoisotopic (exact) mass is 405 g/mol. The highest BCUT2D eigenvalue weighted by atomic mass is 35.5. The average Bonchev–Trinajstić information content (AvgIpc) is 3.24. The summed E-state index contributed by atoms with van der Waals surface area (Å²) in [4.78, 5) is 7.94. The van der Waals surface area contributed by atoms with Gasteiger partial charge in [0.15, 0.2) is 5.69 Å². The van der Waals surface area contributed by atoms with Gasteiger partial charge in [0.2, 0.25) is 0 Å². The summed E-state index contributed by atoms with van der Waals surface area (Å²) in [5.74, 6) is 0.279. The number of hydrogen-bond donors (Lipinski definition) is 0. The highest BCUT2D eigenvalue weighted by Crippen LogP contribution is 2.35. The van der Waals surface area contributed by atoms with E-state index < -0.39 is 11.9 Å². The van der Waals surface area contributed by atoms with Crippen LogP contribution in [-0.4, -0.2) is 24.3 Å². The van der Waals surface area contributed by atoms with E-state index in [4.69, 9.17) is 11.6 Å². The van der Waals surface area contributed by atoms with Gasteiger partial charge in [-0.15, -0.1) is 0 Å². The highest BCUT2D eigenvalue weighted by Gasteiger charge is 2.39. The molecule has 9 heteroatoms. The van der Waals surface area contributed by atoms with E-state index in [2.05, 4.69) is 15.1 Å². The molecule has 0 unspecified atom stereocenters. The van der Waals surface area contributed by atoms with Crippen molar-refractivity contribution in [2.75, 3.05) is 0 Å². The molecule has 144 valence electrons. The summed E-state index contributed by atoms with van der Waals surface area (Å²) in [7, 11) is 0. The Kier molecular flexibility index (Phi) is 4.58. The van der Waals surface area contributed by atoms with Gasteiger partial charge in [-0.25, -0.2) is 9.97 Å². The number of benzene rings is 1. The maximum Gasteiger partial charge on any atom is 0.435 e. The van der Waals surface area contributed by atoms with Gasteiger partial charge in [0, 0.05) is 29.8 Å². The zero-order valence-corrected chi connectivity index (χ0v) is 15.5. The second-order valence-electron chi connectivity index (χ2n) is 6.21. The average molecular weight is 406 g/mol. The van der Waals surface area contributed by atoms with Crippen molar-refractivity contribution in [2.45, 2.75) is 26.2 Å². The van der Waals surface area contributed by atoms with Gasteiger partial charge in [0.1, 0.15) is 11.0 Å². The van der Waals surface area contributed by atoms with Crippen LogP contribution in [0.5, 0.6) is 0 Å². The minimum absolute atomic E-state index is 0.0480. The molecule has 3 aromatic heterocycles.